The fraction of sp³-hybridized carbons (Fsp3) is 0.0909. The smallest absolute Gasteiger partial charge is 0.192 e. The maximum absolute atomic E-state index is 8.72. The summed E-state index contributed by atoms with van der Waals surface area (Å²) in [6, 6.07) is 7.39. The first-order valence-electron chi connectivity index (χ1n) is 4.61. The number of pyridine rings is 1. The third kappa shape index (κ3) is 2.55. The molecule has 0 bridgehead atoms. The average Bonchev–Trinajstić information content (AvgIpc) is 2.29. The van der Waals surface area contributed by atoms with Crippen LogP contribution in [0.15, 0.2) is 40.6 Å². The molecule has 0 radical (unpaired) electrons. The van der Waals surface area contributed by atoms with Crippen molar-refractivity contribution in [1.82, 2.24) is 15.0 Å². The molecule has 0 unspecified atom stereocenters. The van der Waals surface area contributed by atoms with Gasteiger partial charge in [0.1, 0.15) is 11.8 Å². The molecule has 0 spiro atoms. The van der Waals surface area contributed by atoms with Gasteiger partial charge in [0, 0.05) is 23.0 Å². The Labute approximate surface area is 97.4 Å². The first-order chi connectivity index (χ1) is 7.78. The van der Waals surface area contributed by atoms with E-state index in [1.54, 1.807) is 18.5 Å². The van der Waals surface area contributed by atoms with Gasteiger partial charge in [0.15, 0.2) is 5.16 Å². The highest BCUT2D eigenvalue weighted by Crippen LogP contribution is 2.24. The summed E-state index contributed by atoms with van der Waals surface area (Å²) in [4.78, 5) is 13.2. The molecule has 5 heteroatoms. The van der Waals surface area contributed by atoms with Crippen LogP contribution in [0.25, 0.3) is 0 Å². The summed E-state index contributed by atoms with van der Waals surface area (Å²) in [7, 11) is 0. The van der Waals surface area contributed by atoms with Crippen LogP contribution in [0.2, 0.25) is 0 Å². The number of nitrogens with zero attached hydrogens (tertiary/aromatic N) is 4. The van der Waals surface area contributed by atoms with Gasteiger partial charge < -0.3 is 0 Å². The lowest BCUT2D eigenvalue weighted by Crippen LogP contribution is -1.88. The van der Waals surface area contributed by atoms with Gasteiger partial charge in [0.2, 0.25) is 0 Å². The minimum atomic E-state index is 0.401. The molecule has 0 aliphatic heterocycles. The molecule has 2 aromatic rings. The van der Waals surface area contributed by atoms with Gasteiger partial charge >= 0.3 is 0 Å². The molecule has 0 N–H and O–H groups in total. The first-order valence-corrected chi connectivity index (χ1v) is 5.43. The Balaban J connectivity index is 2.24. The van der Waals surface area contributed by atoms with Gasteiger partial charge in [-0.05, 0) is 36.9 Å². The monoisotopic (exact) mass is 228 g/mol. The molecule has 0 aliphatic rings. The zero-order chi connectivity index (χ0) is 11.4. The lowest BCUT2D eigenvalue weighted by atomic mass is 10.4. The summed E-state index contributed by atoms with van der Waals surface area (Å²) in [5, 5.41) is 9.40. The molecule has 0 aliphatic carbocycles. The Morgan fingerprint density at radius 3 is 2.81 bits per heavy atom. The van der Waals surface area contributed by atoms with Crippen molar-refractivity contribution in [2.24, 2.45) is 0 Å². The average molecular weight is 228 g/mol. The maximum Gasteiger partial charge on any atom is 0.192 e. The molecule has 4 nitrogen and oxygen atoms in total. The van der Waals surface area contributed by atoms with Gasteiger partial charge in [-0.25, -0.2) is 15.0 Å². The molecule has 2 rings (SSSR count). The van der Waals surface area contributed by atoms with E-state index in [9.17, 15) is 0 Å². The van der Waals surface area contributed by atoms with E-state index in [0.717, 1.165) is 10.6 Å². The molecule has 0 saturated carbocycles. The largest absolute Gasteiger partial charge is 0.245 e. The van der Waals surface area contributed by atoms with E-state index in [0.29, 0.717) is 10.9 Å². The van der Waals surface area contributed by atoms with E-state index in [1.165, 1.54) is 11.8 Å². The van der Waals surface area contributed by atoms with Crippen LogP contribution >= 0.6 is 11.8 Å². The Hall–Kier alpha value is -1.93. The normalized spacial score (nSPS) is 9.75. The van der Waals surface area contributed by atoms with Crippen molar-refractivity contribution in [3.63, 3.8) is 0 Å². The molecule has 0 saturated heterocycles. The van der Waals surface area contributed by atoms with Crippen molar-refractivity contribution in [2.45, 2.75) is 17.0 Å². The van der Waals surface area contributed by atoms with Gasteiger partial charge in [-0.15, -0.1) is 0 Å². The molecular formula is C11H8N4S. The number of aromatic nitrogens is 3. The molecule has 0 fully saturated rings. The zero-order valence-corrected chi connectivity index (χ0v) is 9.40. The second kappa shape index (κ2) is 4.73. The van der Waals surface area contributed by atoms with E-state index < -0.39 is 0 Å². The van der Waals surface area contributed by atoms with Crippen molar-refractivity contribution in [2.75, 3.05) is 0 Å². The molecule has 2 heterocycles. The molecule has 0 aromatic carbocycles. The third-order valence-corrected chi connectivity index (χ3v) is 2.70. The topological polar surface area (TPSA) is 62.5 Å². The zero-order valence-electron chi connectivity index (χ0n) is 8.58. The van der Waals surface area contributed by atoms with Crippen LogP contribution in [0.5, 0.6) is 0 Å². The van der Waals surface area contributed by atoms with Crippen molar-refractivity contribution in [3.8, 4) is 6.07 Å². The maximum atomic E-state index is 8.72. The molecular weight excluding hydrogens is 220 g/mol. The fourth-order valence-corrected chi connectivity index (χ4v) is 1.93. The van der Waals surface area contributed by atoms with Crippen molar-refractivity contribution in [3.05, 3.63) is 42.0 Å². The summed E-state index contributed by atoms with van der Waals surface area (Å²) >= 11 is 1.42. The highest BCUT2D eigenvalue weighted by molar-refractivity contribution is 7.99. The van der Waals surface area contributed by atoms with E-state index in [2.05, 4.69) is 15.0 Å². The van der Waals surface area contributed by atoms with E-state index >= 15 is 0 Å². The first kappa shape index (κ1) is 10.6. The minimum absolute atomic E-state index is 0.401. The van der Waals surface area contributed by atoms with Gasteiger partial charge in [0.05, 0.1) is 0 Å². The third-order valence-electron chi connectivity index (χ3n) is 1.83. The van der Waals surface area contributed by atoms with Gasteiger partial charge in [-0.1, -0.05) is 0 Å². The Kier molecular flexibility index (Phi) is 3.13. The number of rotatable bonds is 2. The van der Waals surface area contributed by atoms with Gasteiger partial charge in [0.25, 0.3) is 0 Å². The predicted molar refractivity (Wildman–Crippen MR) is 59.8 cm³/mol. The SMILES string of the molecule is Cc1ccnc(Sc2ccnc(C#N)c2)n1. The van der Waals surface area contributed by atoms with Crippen LogP contribution in [-0.4, -0.2) is 15.0 Å². The number of hydrogen-bond acceptors (Lipinski definition) is 5. The quantitative estimate of drug-likeness (QED) is 0.737. The summed E-state index contributed by atoms with van der Waals surface area (Å²) in [6.45, 7) is 1.92. The summed E-state index contributed by atoms with van der Waals surface area (Å²) < 4.78 is 0. The molecule has 16 heavy (non-hydrogen) atoms. The number of hydrogen-bond donors (Lipinski definition) is 0. The predicted octanol–water partition coefficient (Wildman–Crippen LogP) is 2.20. The van der Waals surface area contributed by atoms with Crippen LogP contribution < -0.4 is 0 Å². The van der Waals surface area contributed by atoms with Crippen molar-refractivity contribution in [1.29, 1.82) is 5.26 Å². The Morgan fingerprint density at radius 1 is 1.25 bits per heavy atom. The Bertz CT molecular complexity index is 548. The van der Waals surface area contributed by atoms with Crippen LogP contribution in [0.3, 0.4) is 0 Å². The van der Waals surface area contributed by atoms with E-state index in [4.69, 9.17) is 5.26 Å². The Morgan fingerprint density at radius 2 is 2.06 bits per heavy atom. The van der Waals surface area contributed by atoms with Crippen LogP contribution in [-0.2, 0) is 0 Å². The summed E-state index contributed by atoms with van der Waals surface area (Å²) in [5.74, 6) is 0. The lowest BCUT2D eigenvalue weighted by molar-refractivity contribution is 0.932. The van der Waals surface area contributed by atoms with Crippen LogP contribution in [0.4, 0.5) is 0 Å². The summed E-state index contributed by atoms with van der Waals surface area (Å²) in [5.41, 5.74) is 1.32. The second-order valence-corrected chi connectivity index (χ2v) is 4.11. The molecule has 0 amide bonds. The summed E-state index contributed by atoms with van der Waals surface area (Å²) in [6.07, 6.45) is 3.33. The lowest BCUT2D eigenvalue weighted by Gasteiger charge is -2.00. The van der Waals surface area contributed by atoms with Crippen molar-refractivity contribution < 1.29 is 0 Å². The highest BCUT2D eigenvalue weighted by atomic mass is 32.2. The van der Waals surface area contributed by atoms with E-state index in [1.807, 2.05) is 25.1 Å². The highest BCUT2D eigenvalue weighted by Gasteiger charge is 2.02. The number of aryl methyl sites for hydroxylation is 1. The molecule has 2 aromatic heterocycles. The standard InChI is InChI=1S/C11H8N4S/c1-8-2-4-14-11(15-8)16-10-3-5-13-9(6-10)7-12/h2-6H,1H3. The van der Waals surface area contributed by atoms with Crippen molar-refractivity contribution >= 4 is 11.8 Å². The molecule has 78 valence electrons. The van der Waals surface area contributed by atoms with Crippen LogP contribution in [0, 0.1) is 18.3 Å². The second-order valence-electron chi connectivity index (χ2n) is 3.07. The molecule has 0 atom stereocenters. The van der Waals surface area contributed by atoms with Crippen LogP contribution in [0.1, 0.15) is 11.4 Å². The fourth-order valence-electron chi connectivity index (χ4n) is 1.12. The minimum Gasteiger partial charge on any atom is -0.245 e. The van der Waals surface area contributed by atoms with Gasteiger partial charge in [-0.2, -0.15) is 5.26 Å². The van der Waals surface area contributed by atoms with E-state index in [-0.39, 0.29) is 0 Å². The van der Waals surface area contributed by atoms with Gasteiger partial charge in [-0.3, -0.25) is 0 Å². The number of nitriles is 1.